The van der Waals surface area contributed by atoms with E-state index in [4.69, 9.17) is 4.74 Å². The molecule has 1 aromatic heterocycles. The lowest BCUT2D eigenvalue weighted by Gasteiger charge is -2.24. The first-order valence-electron chi connectivity index (χ1n) is 8.72. The molecule has 1 unspecified atom stereocenters. The monoisotopic (exact) mass is 373 g/mol. The average Bonchev–Trinajstić information content (AvgIpc) is 3.30. The molecule has 0 spiro atoms. The van der Waals surface area contributed by atoms with Crippen LogP contribution in [0.2, 0.25) is 0 Å². The van der Waals surface area contributed by atoms with Crippen molar-refractivity contribution in [3.05, 3.63) is 45.9 Å². The molecule has 1 aliphatic rings. The van der Waals surface area contributed by atoms with Crippen LogP contribution in [-0.2, 0) is 11.2 Å². The highest BCUT2D eigenvalue weighted by Gasteiger charge is 2.34. The molecule has 3 rings (SSSR count). The van der Waals surface area contributed by atoms with Crippen LogP contribution < -0.4 is 10.1 Å². The number of aryl methyl sites for hydroxylation is 1. The number of likely N-dealkylation sites (tertiary alicyclic amines) is 1. The van der Waals surface area contributed by atoms with Gasteiger partial charge in [-0.15, -0.1) is 11.3 Å². The molecule has 0 radical (unpaired) electrons. The molecule has 7 heteroatoms. The van der Waals surface area contributed by atoms with Crippen LogP contribution in [0.4, 0.5) is 0 Å². The quantitative estimate of drug-likeness (QED) is 0.844. The molecular weight excluding hydrogens is 350 g/mol. The number of methoxy groups -OCH3 is 1. The van der Waals surface area contributed by atoms with Crippen molar-refractivity contribution in [3.8, 4) is 5.75 Å². The molecule has 1 fully saturated rings. The topological polar surface area (TPSA) is 71.5 Å². The first kappa shape index (κ1) is 18.4. The van der Waals surface area contributed by atoms with E-state index in [1.165, 1.54) is 0 Å². The molecule has 2 aromatic rings. The molecule has 1 N–H and O–H groups in total. The van der Waals surface area contributed by atoms with Crippen molar-refractivity contribution in [3.63, 3.8) is 0 Å². The van der Waals surface area contributed by atoms with Gasteiger partial charge in [-0.05, 0) is 44.0 Å². The summed E-state index contributed by atoms with van der Waals surface area (Å²) in [5.74, 6) is 0.506. The number of aromatic nitrogens is 1. The fourth-order valence-corrected chi connectivity index (χ4v) is 3.78. The lowest BCUT2D eigenvalue weighted by molar-refractivity contribution is -0.124. The van der Waals surface area contributed by atoms with Gasteiger partial charge in [-0.1, -0.05) is 0 Å². The van der Waals surface area contributed by atoms with E-state index < -0.39 is 6.04 Å². The number of thiazole rings is 1. The Morgan fingerprint density at radius 1 is 1.35 bits per heavy atom. The number of hydrogen-bond acceptors (Lipinski definition) is 5. The van der Waals surface area contributed by atoms with Gasteiger partial charge in [-0.3, -0.25) is 9.59 Å². The summed E-state index contributed by atoms with van der Waals surface area (Å²) in [5, 5.41) is 5.99. The number of amides is 2. The molecule has 0 bridgehead atoms. The van der Waals surface area contributed by atoms with Crippen LogP contribution in [0, 0.1) is 6.92 Å². The van der Waals surface area contributed by atoms with Crippen molar-refractivity contribution in [2.75, 3.05) is 20.2 Å². The first-order valence-corrected chi connectivity index (χ1v) is 9.60. The van der Waals surface area contributed by atoms with Gasteiger partial charge in [0.1, 0.15) is 11.8 Å². The average molecular weight is 373 g/mol. The minimum atomic E-state index is -0.401. The number of carbonyl (C=O) groups excluding carboxylic acids is 2. The van der Waals surface area contributed by atoms with E-state index in [0.29, 0.717) is 37.2 Å². The molecule has 2 amide bonds. The Kier molecular flexibility index (Phi) is 5.88. The molecule has 2 heterocycles. The number of ether oxygens (including phenoxy) is 1. The molecule has 1 aromatic carbocycles. The molecule has 0 aliphatic carbocycles. The van der Waals surface area contributed by atoms with Gasteiger partial charge < -0.3 is 15.0 Å². The highest BCUT2D eigenvalue weighted by atomic mass is 32.1. The first-order chi connectivity index (χ1) is 12.6. The maximum atomic E-state index is 12.8. The number of nitrogens with one attached hydrogen (secondary N) is 1. The van der Waals surface area contributed by atoms with Crippen LogP contribution in [-0.4, -0.2) is 47.9 Å². The maximum Gasteiger partial charge on any atom is 0.254 e. The van der Waals surface area contributed by atoms with Gasteiger partial charge in [0, 0.05) is 30.5 Å². The third kappa shape index (κ3) is 4.22. The van der Waals surface area contributed by atoms with Crippen LogP contribution in [0.25, 0.3) is 0 Å². The summed E-state index contributed by atoms with van der Waals surface area (Å²) in [6.07, 6.45) is 2.24. The number of rotatable bonds is 6. The van der Waals surface area contributed by atoms with E-state index in [0.717, 1.165) is 17.1 Å². The number of benzene rings is 1. The number of nitrogens with zero attached hydrogens (tertiary/aromatic N) is 2. The van der Waals surface area contributed by atoms with E-state index in [1.54, 1.807) is 47.6 Å². The van der Waals surface area contributed by atoms with Crippen LogP contribution in [0.1, 0.15) is 33.9 Å². The Morgan fingerprint density at radius 3 is 2.77 bits per heavy atom. The van der Waals surface area contributed by atoms with E-state index >= 15 is 0 Å². The number of hydrogen-bond donors (Lipinski definition) is 1. The fraction of sp³-hybridized carbons (Fsp3) is 0.421. The molecule has 1 saturated heterocycles. The molecular formula is C19H23N3O3S. The minimum Gasteiger partial charge on any atom is -0.497 e. The van der Waals surface area contributed by atoms with Crippen molar-refractivity contribution < 1.29 is 14.3 Å². The lowest BCUT2D eigenvalue weighted by Crippen LogP contribution is -2.46. The highest BCUT2D eigenvalue weighted by Crippen LogP contribution is 2.21. The Balaban J connectivity index is 1.57. The SMILES string of the molecule is COc1ccc(C(=O)N2CCCC2C(=O)NCCc2csc(C)n2)cc1. The molecule has 1 aliphatic heterocycles. The van der Waals surface area contributed by atoms with Crippen LogP contribution in [0.15, 0.2) is 29.6 Å². The smallest absolute Gasteiger partial charge is 0.254 e. The van der Waals surface area contributed by atoms with Crippen LogP contribution in [0.3, 0.4) is 0 Å². The minimum absolute atomic E-state index is 0.0867. The fourth-order valence-electron chi connectivity index (χ4n) is 3.14. The summed E-state index contributed by atoms with van der Waals surface area (Å²) in [5.41, 5.74) is 1.56. The van der Waals surface area contributed by atoms with Gasteiger partial charge >= 0.3 is 0 Å². The van der Waals surface area contributed by atoms with Crippen molar-refractivity contribution in [2.45, 2.75) is 32.2 Å². The Morgan fingerprint density at radius 2 is 2.12 bits per heavy atom. The van der Waals surface area contributed by atoms with Crippen molar-refractivity contribution in [1.29, 1.82) is 0 Å². The number of carbonyl (C=O) groups is 2. The Bertz CT molecular complexity index is 773. The van der Waals surface area contributed by atoms with Crippen LogP contribution >= 0.6 is 11.3 Å². The van der Waals surface area contributed by atoms with Gasteiger partial charge in [0.15, 0.2) is 0 Å². The lowest BCUT2D eigenvalue weighted by atomic mass is 10.1. The highest BCUT2D eigenvalue weighted by molar-refractivity contribution is 7.09. The Labute approximate surface area is 157 Å². The third-order valence-corrected chi connectivity index (χ3v) is 5.32. The van der Waals surface area contributed by atoms with Gasteiger partial charge in [-0.25, -0.2) is 4.98 Å². The summed E-state index contributed by atoms with van der Waals surface area (Å²) in [6.45, 7) is 3.10. The van der Waals surface area contributed by atoms with Crippen molar-refractivity contribution >= 4 is 23.2 Å². The predicted molar refractivity (Wildman–Crippen MR) is 101 cm³/mol. The summed E-state index contributed by atoms with van der Waals surface area (Å²) < 4.78 is 5.12. The Hall–Kier alpha value is -2.41. The second-order valence-corrected chi connectivity index (χ2v) is 7.35. The zero-order chi connectivity index (χ0) is 18.5. The van der Waals surface area contributed by atoms with Gasteiger partial charge in [0.05, 0.1) is 17.8 Å². The summed E-state index contributed by atoms with van der Waals surface area (Å²) in [6, 6.07) is 6.59. The zero-order valence-corrected chi connectivity index (χ0v) is 15.8. The van der Waals surface area contributed by atoms with Crippen molar-refractivity contribution in [1.82, 2.24) is 15.2 Å². The maximum absolute atomic E-state index is 12.8. The second-order valence-electron chi connectivity index (χ2n) is 6.28. The van der Waals surface area contributed by atoms with E-state index in [2.05, 4.69) is 10.3 Å². The van der Waals surface area contributed by atoms with E-state index in [-0.39, 0.29) is 11.8 Å². The zero-order valence-electron chi connectivity index (χ0n) is 15.0. The van der Waals surface area contributed by atoms with Crippen molar-refractivity contribution in [2.24, 2.45) is 0 Å². The van der Waals surface area contributed by atoms with Gasteiger partial charge in [0.2, 0.25) is 5.91 Å². The molecule has 0 saturated carbocycles. The van der Waals surface area contributed by atoms with Crippen LogP contribution in [0.5, 0.6) is 5.75 Å². The standard InChI is InChI=1S/C19H23N3O3S/c1-13-21-15(12-26-13)9-10-20-18(23)17-4-3-11-22(17)19(24)14-5-7-16(25-2)8-6-14/h5-8,12,17H,3-4,9-11H2,1-2H3,(H,20,23). The second kappa shape index (κ2) is 8.31. The molecule has 1 atom stereocenters. The molecule has 26 heavy (non-hydrogen) atoms. The summed E-state index contributed by atoms with van der Waals surface area (Å²) in [4.78, 5) is 31.4. The summed E-state index contributed by atoms with van der Waals surface area (Å²) in [7, 11) is 1.59. The van der Waals surface area contributed by atoms with Gasteiger partial charge in [-0.2, -0.15) is 0 Å². The predicted octanol–water partition coefficient (Wildman–Crippen LogP) is 2.42. The largest absolute Gasteiger partial charge is 0.497 e. The van der Waals surface area contributed by atoms with E-state index in [1.807, 2.05) is 12.3 Å². The third-order valence-electron chi connectivity index (χ3n) is 4.50. The summed E-state index contributed by atoms with van der Waals surface area (Å²) >= 11 is 1.61. The normalized spacial score (nSPS) is 16.5. The van der Waals surface area contributed by atoms with E-state index in [9.17, 15) is 9.59 Å². The molecule has 6 nitrogen and oxygen atoms in total. The molecule has 138 valence electrons. The van der Waals surface area contributed by atoms with Gasteiger partial charge in [0.25, 0.3) is 5.91 Å².